The molecule has 0 atom stereocenters. The second-order valence-electron chi connectivity index (χ2n) is 6.59. The first kappa shape index (κ1) is 24.8. The van der Waals surface area contributed by atoms with E-state index < -0.39 is 17.6 Å². The van der Waals surface area contributed by atoms with E-state index in [1.165, 1.54) is 0 Å². The van der Waals surface area contributed by atoms with Gasteiger partial charge in [-0.3, -0.25) is 0 Å². The fourth-order valence-corrected chi connectivity index (χ4v) is 2.97. The number of hydrogen-bond donors (Lipinski definition) is 2. The monoisotopic (exact) mass is 447 g/mol. The van der Waals surface area contributed by atoms with Crippen LogP contribution in [0.3, 0.4) is 0 Å². The number of aliphatic imine (C=N–C) groups is 1. The number of amidine groups is 1. The largest absolute Gasteiger partial charge is 0.416 e. The second-order valence-corrected chi connectivity index (χ2v) is 6.59. The molecule has 0 saturated heterocycles. The van der Waals surface area contributed by atoms with E-state index in [0.29, 0.717) is 12.0 Å². The van der Waals surface area contributed by atoms with Crippen molar-refractivity contribution < 1.29 is 17.6 Å². The average Bonchev–Trinajstić information content (AvgIpc) is 2.76. The molecular weight excluding hydrogens is 422 g/mol. The van der Waals surface area contributed by atoms with Crippen molar-refractivity contribution in [3.8, 4) is 11.3 Å². The lowest BCUT2D eigenvalue weighted by Crippen LogP contribution is -2.16. The molecule has 0 amide bonds. The molecular formula is C23H25F4N5. The predicted molar refractivity (Wildman–Crippen MR) is 119 cm³/mol. The quantitative estimate of drug-likeness (QED) is 0.289. The van der Waals surface area contributed by atoms with Gasteiger partial charge in [0.15, 0.2) is 5.82 Å². The summed E-state index contributed by atoms with van der Waals surface area (Å²) in [5, 5.41) is 0. The van der Waals surface area contributed by atoms with Crippen LogP contribution in [-0.4, -0.2) is 15.8 Å². The molecule has 0 aliphatic carbocycles. The van der Waals surface area contributed by atoms with Gasteiger partial charge in [0.05, 0.1) is 23.0 Å². The highest BCUT2D eigenvalue weighted by Gasteiger charge is 2.32. The molecule has 32 heavy (non-hydrogen) atoms. The van der Waals surface area contributed by atoms with Gasteiger partial charge in [-0.25, -0.2) is 19.4 Å². The number of nitrogen functional groups attached to an aromatic ring is 1. The lowest BCUT2D eigenvalue weighted by atomic mass is 9.99. The van der Waals surface area contributed by atoms with Crippen molar-refractivity contribution in [1.29, 1.82) is 0 Å². The molecule has 0 fully saturated rings. The molecule has 5 nitrogen and oxygen atoms in total. The summed E-state index contributed by atoms with van der Waals surface area (Å²) in [4.78, 5) is 11.9. The third kappa shape index (κ3) is 6.03. The third-order valence-electron chi connectivity index (χ3n) is 4.35. The Morgan fingerprint density at radius 3 is 2.44 bits per heavy atom. The van der Waals surface area contributed by atoms with Crippen molar-refractivity contribution in [2.75, 3.05) is 5.73 Å². The molecule has 2 aromatic heterocycles. The van der Waals surface area contributed by atoms with E-state index in [1.807, 2.05) is 32.9 Å². The number of pyridine rings is 2. The number of nitrogens with two attached hydrogens (primary N) is 2. The Hall–Kier alpha value is -3.49. The molecule has 0 radical (unpaired) electrons. The number of anilines is 1. The van der Waals surface area contributed by atoms with Crippen LogP contribution in [0.1, 0.15) is 43.9 Å². The topological polar surface area (TPSA) is 90.2 Å². The van der Waals surface area contributed by atoms with Gasteiger partial charge in [-0.2, -0.15) is 13.2 Å². The average molecular weight is 447 g/mol. The summed E-state index contributed by atoms with van der Waals surface area (Å²) < 4.78 is 54.0. The Kier molecular flexibility index (Phi) is 8.28. The standard InChI is InChI=1S/C21H19F4N5.C2H6/c1-2-5-12-6-3-4-7-15(12)17-8-13(21(23,24)25)9-18(29-17)30-20(27)16-10-14(22)11-28-19(16)26;1-2/h3-4,6-11H,2,5H2,1H3,(H2,26,28)(H2,27,29,30);1-2H3. The van der Waals surface area contributed by atoms with Crippen LogP contribution in [0.4, 0.5) is 29.2 Å². The first-order valence-electron chi connectivity index (χ1n) is 10.1. The minimum atomic E-state index is -4.62. The number of alkyl halides is 3. The summed E-state index contributed by atoms with van der Waals surface area (Å²) in [5.74, 6) is -1.37. The lowest BCUT2D eigenvalue weighted by molar-refractivity contribution is -0.137. The van der Waals surface area contributed by atoms with E-state index >= 15 is 0 Å². The van der Waals surface area contributed by atoms with Gasteiger partial charge in [0.2, 0.25) is 0 Å². The summed E-state index contributed by atoms with van der Waals surface area (Å²) in [6, 6.07) is 9.86. The van der Waals surface area contributed by atoms with Gasteiger partial charge in [0.1, 0.15) is 17.5 Å². The fourth-order valence-electron chi connectivity index (χ4n) is 2.97. The van der Waals surface area contributed by atoms with Gasteiger partial charge < -0.3 is 11.5 Å². The van der Waals surface area contributed by atoms with Crippen molar-refractivity contribution in [1.82, 2.24) is 9.97 Å². The predicted octanol–water partition coefficient (Wildman–Crippen LogP) is 5.90. The van der Waals surface area contributed by atoms with Crippen LogP contribution in [0.2, 0.25) is 0 Å². The highest BCUT2D eigenvalue weighted by molar-refractivity contribution is 6.02. The van der Waals surface area contributed by atoms with Gasteiger partial charge in [-0.15, -0.1) is 0 Å². The summed E-state index contributed by atoms with van der Waals surface area (Å²) >= 11 is 0. The molecule has 0 spiro atoms. The van der Waals surface area contributed by atoms with E-state index in [9.17, 15) is 17.6 Å². The zero-order valence-electron chi connectivity index (χ0n) is 18.0. The Labute approximate surface area is 184 Å². The molecule has 0 aliphatic heterocycles. The highest BCUT2D eigenvalue weighted by Crippen LogP contribution is 2.35. The van der Waals surface area contributed by atoms with Crippen LogP contribution < -0.4 is 11.5 Å². The van der Waals surface area contributed by atoms with Crippen molar-refractivity contribution in [3.05, 3.63) is 71.2 Å². The maximum atomic E-state index is 13.5. The number of halogens is 4. The van der Waals surface area contributed by atoms with E-state index in [4.69, 9.17) is 11.5 Å². The van der Waals surface area contributed by atoms with Gasteiger partial charge in [0, 0.05) is 5.56 Å². The van der Waals surface area contributed by atoms with Crippen molar-refractivity contribution in [3.63, 3.8) is 0 Å². The van der Waals surface area contributed by atoms with Crippen molar-refractivity contribution >= 4 is 17.5 Å². The highest BCUT2D eigenvalue weighted by atomic mass is 19.4. The molecule has 2 heterocycles. The number of benzene rings is 1. The number of nitrogens with zero attached hydrogens (tertiary/aromatic N) is 3. The van der Waals surface area contributed by atoms with Crippen molar-refractivity contribution in [2.24, 2.45) is 10.7 Å². The number of rotatable bonds is 5. The maximum Gasteiger partial charge on any atom is 0.416 e. The first-order valence-corrected chi connectivity index (χ1v) is 10.1. The van der Waals surface area contributed by atoms with Crippen LogP contribution in [0, 0.1) is 5.82 Å². The Morgan fingerprint density at radius 1 is 1.09 bits per heavy atom. The van der Waals surface area contributed by atoms with Gasteiger partial charge in [-0.1, -0.05) is 51.5 Å². The molecule has 0 aliphatic rings. The molecule has 1 aromatic carbocycles. The van der Waals surface area contributed by atoms with Crippen LogP contribution in [0.15, 0.2) is 53.7 Å². The summed E-state index contributed by atoms with van der Waals surface area (Å²) in [6.07, 6.45) is -2.21. The molecule has 0 unspecified atom stereocenters. The second kappa shape index (κ2) is 10.7. The van der Waals surface area contributed by atoms with E-state index in [1.54, 1.807) is 12.1 Å². The molecule has 3 aromatic rings. The van der Waals surface area contributed by atoms with Gasteiger partial charge in [0.25, 0.3) is 0 Å². The van der Waals surface area contributed by atoms with Gasteiger partial charge >= 0.3 is 6.18 Å². The zero-order valence-corrected chi connectivity index (χ0v) is 18.0. The fraction of sp³-hybridized carbons (Fsp3) is 0.261. The first-order chi connectivity index (χ1) is 15.2. The normalized spacial score (nSPS) is 11.7. The molecule has 9 heteroatoms. The SMILES string of the molecule is CC.CCCc1ccccc1-c1cc(C(F)(F)F)cc(/N=C(/N)c2cc(F)cnc2N)n1. The van der Waals surface area contributed by atoms with E-state index in [-0.39, 0.29) is 28.7 Å². The molecule has 170 valence electrons. The van der Waals surface area contributed by atoms with E-state index in [0.717, 1.165) is 36.4 Å². The smallest absolute Gasteiger partial charge is 0.383 e. The van der Waals surface area contributed by atoms with Crippen LogP contribution >= 0.6 is 0 Å². The van der Waals surface area contributed by atoms with Crippen molar-refractivity contribution in [2.45, 2.75) is 39.8 Å². The third-order valence-corrected chi connectivity index (χ3v) is 4.35. The minimum absolute atomic E-state index is 0.0258. The lowest BCUT2D eigenvalue weighted by Gasteiger charge is -2.13. The van der Waals surface area contributed by atoms with Crippen LogP contribution in [0.5, 0.6) is 0 Å². The summed E-state index contributed by atoms with van der Waals surface area (Å²) in [7, 11) is 0. The van der Waals surface area contributed by atoms with Crippen LogP contribution in [-0.2, 0) is 12.6 Å². The molecule has 0 saturated carbocycles. The Bertz CT molecular complexity index is 1090. The number of aryl methyl sites for hydroxylation is 1. The zero-order chi connectivity index (χ0) is 23.9. The molecule has 0 bridgehead atoms. The number of aromatic nitrogens is 2. The minimum Gasteiger partial charge on any atom is -0.383 e. The van der Waals surface area contributed by atoms with E-state index in [2.05, 4.69) is 15.0 Å². The van der Waals surface area contributed by atoms with Gasteiger partial charge in [-0.05, 0) is 30.2 Å². The summed E-state index contributed by atoms with van der Waals surface area (Å²) in [5.41, 5.74) is 12.2. The summed E-state index contributed by atoms with van der Waals surface area (Å²) in [6.45, 7) is 5.98. The maximum absolute atomic E-state index is 13.5. The Balaban J connectivity index is 0.00000176. The van der Waals surface area contributed by atoms with Crippen LogP contribution in [0.25, 0.3) is 11.3 Å². The molecule has 3 rings (SSSR count). The molecule has 4 N–H and O–H groups in total. The number of hydrogen-bond acceptors (Lipinski definition) is 4. The Morgan fingerprint density at radius 2 is 1.78 bits per heavy atom.